The Morgan fingerprint density at radius 3 is 2.67 bits per heavy atom. The number of carbonyl (C=O) groups excluding carboxylic acids is 1. The lowest BCUT2D eigenvalue weighted by molar-refractivity contribution is -0.141. The summed E-state index contributed by atoms with van der Waals surface area (Å²) in [6, 6.07) is 0. The molecule has 2 atom stereocenters. The molecule has 1 saturated carbocycles. The molecule has 2 aliphatic rings. The van der Waals surface area contributed by atoms with E-state index in [0.29, 0.717) is 13.0 Å². The minimum absolute atomic E-state index is 0.0741. The van der Waals surface area contributed by atoms with Gasteiger partial charge in [0.2, 0.25) is 10.0 Å². The second kappa shape index (κ2) is 2.00. The topological polar surface area (TPSA) is 72.5 Å². The zero-order chi connectivity index (χ0) is 8.98. The summed E-state index contributed by atoms with van der Waals surface area (Å²) in [5, 5.41) is 0. The van der Waals surface area contributed by atoms with Crippen LogP contribution in [0.25, 0.3) is 0 Å². The summed E-state index contributed by atoms with van der Waals surface area (Å²) < 4.78 is 28.2. The molecule has 0 spiro atoms. The molecule has 1 saturated heterocycles. The van der Waals surface area contributed by atoms with Crippen molar-refractivity contribution < 1.29 is 17.9 Å². The first-order chi connectivity index (χ1) is 5.54. The smallest absolute Gasteiger partial charge is 0.329 e. The predicted octanol–water partition coefficient (Wildman–Crippen LogP) is -1.15. The molecule has 0 amide bonds. The predicted molar refractivity (Wildman–Crippen MR) is 39.8 cm³/mol. The number of hydrogen-bond donors (Lipinski definition) is 1. The third-order valence-electron chi connectivity index (χ3n) is 2.58. The minimum Gasteiger partial charge on any atom is -0.468 e. The van der Waals surface area contributed by atoms with Crippen LogP contribution in [0.15, 0.2) is 0 Å². The van der Waals surface area contributed by atoms with Gasteiger partial charge >= 0.3 is 5.97 Å². The molecule has 2 unspecified atom stereocenters. The van der Waals surface area contributed by atoms with Crippen LogP contribution in [0.4, 0.5) is 0 Å². The van der Waals surface area contributed by atoms with Crippen molar-refractivity contribution in [3.05, 3.63) is 0 Å². The van der Waals surface area contributed by atoms with Crippen molar-refractivity contribution in [3.8, 4) is 0 Å². The fourth-order valence-electron chi connectivity index (χ4n) is 1.74. The zero-order valence-corrected chi connectivity index (χ0v) is 7.35. The molecule has 6 heteroatoms. The Morgan fingerprint density at radius 1 is 1.67 bits per heavy atom. The van der Waals surface area contributed by atoms with Crippen LogP contribution >= 0.6 is 0 Å². The molecule has 0 aromatic rings. The van der Waals surface area contributed by atoms with Crippen LogP contribution in [0.2, 0.25) is 0 Å². The van der Waals surface area contributed by atoms with Crippen molar-refractivity contribution in [1.82, 2.24) is 4.72 Å². The third-order valence-corrected chi connectivity index (χ3v) is 4.75. The lowest BCUT2D eigenvalue weighted by Crippen LogP contribution is -2.37. The number of nitrogens with one attached hydrogen (secondary N) is 1. The Bertz CT molecular complexity index is 335. The van der Waals surface area contributed by atoms with Gasteiger partial charge in [0, 0.05) is 12.5 Å². The van der Waals surface area contributed by atoms with Gasteiger partial charge in [0.05, 0.1) is 7.11 Å². The quantitative estimate of drug-likeness (QED) is 0.531. The van der Waals surface area contributed by atoms with E-state index in [1.807, 2.05) is 0 Å². The first kappa shape index (κ1) is 8.00. The van der Waals surface area contributed by atoms with Crippen LogP contribution in [-0.2, 0) is 19.6 Å². The summed E-state index contributed by atoms with van der Waals surface area (Å²) in [6.45, 7) is 0.372. The highest BCUT2D eigenvalue weighted by Crippen LogP contribution is 2.53. The lowest BCUT2D eigenvalue weighted by Gasteiger charge is -2.08. The number of carbonyl (C=O) groups is 1. The van der Waals surface area contributed by atoms with Gasteiger partial charge < -0.3 is 4.74 Å². The molecular formula is C6H9NO4S. The summed E-state index contributed by atoms with van der Waals surface area (Å²) in [5.41, 5.74) is 0. The highest BCUT2D eigenvalue weighted by Gasteiger charge is 2.73. The normalized spacial score (nSPS) is 41.9. The minimum atomic E-state index is -3.45. The van der Waals surface area contributed by atoms with Crippen LogP contribution in [0, 0.1) is 5.92 Å². The average Bonchev–Trinajstić information content (AvgIpc) is 2.70. The Morgan fingerprint density at radius 2 is 2.33 bits per heavy atom. The molecule has 68 valence electrons. The van der Waals surface area contributed by atoms with E-state index in [1.54, 1.807) is 0 Å². The van der Waals surface area contributed by atoms with Gasteiger partial charge in [0.1, 0.15) is 0 Å². The summed E-state index contributed by atoms with van der Waals surface area (Å²) in [6.07, 6.45) is 0.412. The summed E-state index contributed by atoms with van der Waals surface area (Å²) >= 11 is 0. The summed E-state index contributed by atoms with van der Waals surface area (Å²) in [5.74, 6) is -0.701. The van der Waals surface area contributed by atoms with Crippen LogP contribution < -0.4 is 4.72 Å². The number of esters is 1. The lowest BCUT2D eigenvalue weighted by atomic mass is 10.3. The van der Waals surface area contributed by atoms with Gasteiger partial charge in [0.15, 0.2) is 4.75 Å². The van der Waals surface area contributed by atoms with E-state index in [4.69, 9.17) is 0 Å². The number of fused-ring (bicyclic) bond motifs is 1. The Kier molecular flexibility index (Phi) is 1.33. The average molecular weight is 191 g/mol. The van der Waals surface area contributed by atoms with Crippen molar-refractivity contribution in [2.75, 3.05) is 13.7 Å². The van der Waals surface area contributed by atoms with Gasteiger partial charge in [-0.2, -0.15) is 0 Å². The highest BCUT2D eigenvalue weighted by molar-refractivity contribution is 7.92. The first-order valence-electron chi connectivity index (χ1n) is 3.62. The van der Waals surface area contributed by atoms with E-state index in [2.05, 4.69) is 9.46 Å². The van der Waals surface area contributed by atoms with Crippen LogP contribution in [-0.4, -0.2) is 32.8 Å². The van der Waals surface area contributed by atoms with Gasteiger partial charge in [-0.1, -0.05) is 0 Å². The Labute approximate surface area is 70.1 Å². The second-order valence-electron chi connectivity index (χ2n) is 3.13. The second-order valence-corrected chi connectivity index (χ2v) is 5.16. The van der Waals surface area contributed by atoms with Crippen molar-refractivity contribution >= 4 is 16.0 Å². The maximum Gasteiger partial charge on any atom is 0.329 e. The van der Waals surface area contributed by atoms with Crippen molar-refractivity contribution in [2.24, 2.45) is 5.92 Å². The van der Waals surface area contributed by atoms with Gasteiger partial charge in [-0.05, 0) is 6.42 Å². The molecule has 1 aliphatic heterocycles. The van der Waals surface area contributed by atoms with E-state index in [1.165, 1.54) is 7.11 Å². The van der Waals surface area contributed by atoms with Crippen molar-refractivity contribution in [3.63, 3.8) is 0 Å². The molecule has 2 rings (SSSR count). The number of rotatable bonds is 1. The maximum atomic E-state index is 11.3. The fourth-order valence-corrected chi connectivity index (χ4v) is 3.67. The van der Waals surface area contributed by atoms with E-state index in [9.17, 15) is 13.2 Å². The van der Waals surface area contributed by atoms with E-state index < -0.39 is 20.7 Å². The van der Waals surface area contributed by atoms with Gasteiger partial charge in [-0.3, -0.25) is 4.79 Å². The van der Waals surface area contributed by atoms with Crippen LogP contribution in [0.1, 0.15) is 6.42 Å². The highest BCUT2D eigenvalue weighted by atomic mass is 32.2. The Balaban J connectivity index is 2.41. The fraction of sp³-hybridized carbons (Fsp3) is 0.833. The zero-order valence-electron chi connectivity index (χ0n) is 6.53. The molecule has 0 aromatic heterocycles. The van der Waals surface area contributed by atoms with Crippen molar-refractivity contribution in [2.45, 2.75) is 11.2 Å². The summed E-state index contributed by atoms with van der Waals surface area (Å²) in [4.78, 5) is 11.2. The molecule has 1 N–H and O–H groups in total. The van der Waals surface area contributed by atoms with Gasteiger partial charge in [-0.25, -0.2) is 13.1 Å². The van der Waals surface area contributed by atoms with E-state index in [0.717, 1.165) is 0 Å². The molecular weight excluding hydrogens is 182 g/mol. The molecule has 0 bridgehead atoms. The molecule has 1 heterocycles. The number of ether oxygens (including phenoxy) is 1. The van der Waals surface area contributed by atoms with E-state index in [-0.39, 0.29) is 5.92 Å². The SMILES string of the molecule is COC(=O)C12CC1CNS2(=O)=O. The third kappa shape index (κ3) is 0.669. The number of sulfonamides is 1. The van der Waals surface area contributed by atoms with E-state index >= 15 is 0 Å². The summed E-state index contributed by atoms with van der Waals surface area (Å²) in [7, 11) is -2.24. The van der Waals surface area contributed by atoms with Crippen LogP contribution in [0.5, 0.6) is 0 Å². The largest absolute Gasteiger partial charge is 0.468 e. The first-order valence-corrected chi connectivity index (χ1v) is 5.10. The van der Waals surface area contributed by atoms with Gasteiger partial charge in [0.25, 0.3) is 0 Å². The molecule has 0 radical (unpaired) electrons. The molecule has 0 aromatic carbocycles. The Hall–Kier alpha value is -0.620. The number of methoxy groups -OCH3 is 1. The molecule has 12 heavy (non-hydrogen) atoms. The molecule has 5 nitrogen and oxygen atoms in total. The van der Waals surface area contributed by atoms with Crippen molar-refractivity contribution in [1.29, 1.82) is 0 Å². The monoisotopic (exact) mass is 191 g/mol. The molecule has 2 fully saturated rings. The maximum absolute atomic E-state index is 11.3. The van der Waals surface area contributed by atoms with Gasteiger partial charge in [-0.15, -0.1) is 0 Å². The molecule has 1 aliphatic carbocycles. The number of hydrogen-bond acceptors (Lipinski definition) is 4. The standard InChI is InChI=1S/C6H9NO4S/c1-11-5(8)6-2-4(6)3-7-12(6,9)10/h4,7H,2-3H2,1H3. The van der Waals surface area contributed by atoms with Crippen LogP contribution in [0.3, 0.4) is 0 Å².